The highest BCUT2D eigenvalue weighted by molar-refractivity contribution is 7.89. The van der Waals surface area contributed by atoms with Crippen molar-refractivity contribution < 1.29 is 13.2 Å². The summed E-state index contributed by atoms with van der Waals surface area (Å²) in [5, 5.41) is 2.98. The molecule has 0 aliphatic carbocycles. The summed E-state index contributed by atoms with van der Waals surface area (Å²) in [6, 6.07) is 16.4. The van der Waals surface area contributed by atoms with Gasteiger partial charge < -0.3 is 9.88 Å². The quantitative estimate of drug-likeness (QED) is 0.659. The van der Waals surface area contributed by atoms with Crippen molar-refractivity contribution in [3.63, 3.8) is 0 Å². The molecule has 0 atom stereocenters. The highest BCUT2D eigenvalue weighted by Crippen LogP contribution is 2.24. The van der Waals surface area contributed by atoms with Gasteiger partial charge in [-0.15, -0.1) is 0 Å². The summed E-state index contributed by atoms with van der Waals surface area (Å²) in [6.07, 6.45) is 6.39. The maximum absolute atomic E-state index is 12.7. The van der Waals surface area contributed by atoms with Crippen LogP contribution in [0.1, 0.15) is 18.4 Å². The van der Waals surface area contributed by atoms with Crippen LogP contribution in [0.15, 0.2) is 78.2 Å². The molecule has 7 nitrogen and oxygen atoms in total. The minimum Gasteiger partial charge on any atom is -0.352 e. The largest absolute Gasteiger partial charge is 0.352 e. The van der Waals surface area contributed by atoms with Crippen LogP contribution in [-0.4, -0.2) is 41.3 Å². The van der Waals surface area contributed by atoms with E-state index in [0.717, 1.165) is 11.3 Å². The van der Waals surface area contributed by atoms with Crippen LogP contribution in [0.5, 0.6) is 0 Å². The second kappa shape index (κ2) is 8.81. The van der Waals surface area contributed by atoms with E-state index >= 15 is 0 Å². The van der Waals surface area contributed by atoms with Crippen molar-refractivity contribution in [1.29, 1.82) is 0 Å². The third kappa shape index (κ3) is 4.44. The van der Waals surface area contributed by atoms with E-state index in [2.05, 4.69) is 10.3 Å². The zero-order chi connectivity index (χ0) is 21.0. The van der Waals surface area contributed by atoms with Crippen molar-refractivity contribution in [2.45, 2.75) is 24.3 Å². The number of nitrogens with one attached hydrogen (secondary N) is 1. The van der Waals surface area contributed by atoms with E-state index < -0.39 is 10.0 Å². The van der Waals surface area contributed by atoms with Gasteiger partial charge in [-0.25, -0.2) is 13.4 Å². The van der Waals surface area contributed by atoms with E-state index in [1.165, 1.54) is 4.31 Å². The number of imidazole rings is 1. The van der Waals surface area contributed by atoms with Crippen molar-refractivity contribution in [3.8, 4) is 5.69 Å². The van der Waals surface area contributed by atoms with Crippen LogP contribution >= 0.6 is 0 Å². The monoisotopic (exact) mass is 424 g/mol. The first-order valence-corrected chi connectivity index (χ1v) is 11.4. The van der Waals surface area contributed by atoms with Crippen molar-refractivity contribution in [3.05, 3.63) is 78.9 Å². The van der Waals surface area contributed by atoms with Crippen molar-refractivity contribution in [2.75, 3.05) is 13.1 Å². The van der Waals surface area contributed by atoms with Gasteiger partial charge >= 0.3 is 0 Å². The van der Waals surface area contributed by atoms with Crippen LogP contribution in [0.3, 0.4) is 0 Å². The number of rotatable bonds is 6. The van der Waals surface area contributed by atoms with Gasteiger partial charge in [0.1, 0.15) is 0 Å². The molecule has 1 aliphatic heterocycles. The van der Waals surface area contributed by atoms with Crippen molar-refractivity contribution >= 4 is 15.9 Å². The van der Waals surface area contributed by atoms with E-state index in [1.807, 2.05) is 35.0 Å². The number of sulfonamides is 1. The molecule has 4 rings (SSSR count). The lowest BCUT2D eigenvalue weighted by Gasteiger charge is -2.30. The van der Waals surface area contributed by atoms with Gasteiger partial charge in [0.05, 0.1) is 11.2 Å². The van der Waals surface area contributed by atoms with Gasteiger partial charge in [0, 0.05) is 43.6 Å². The molecular formula is C22H24N4O3S. The van der Waals surface area contributed by atoms with E-state index in [9.17, 15) is 13.2 Å². The number of benzene rings is 2. The van der Waals surface area contributed by atoms with Gasteiger partial charge in [-0.3, -0.25) is 4.79 Å². The molecule has 1 fully saturated rings. The second-order valence-corrected chi connectivity index (χ2v) is 9.28. The Morgan fingerprint density at radius 2 is 1.73 bits per heavy atom. The fraction of sp³-hybridized carbons (Fsp3) is 0.273. The van der Waals surface area contributed by atoms with Gasteiger partial charge in [0.25, 0.3) is 0 Å². The predicted octanol–water partition coefficient (Wildman–Crippen LogP) is 2.59. The van der Waals surface area contributed by atoms with Gasteiger partial charge in [0.2, 0.25) is 15.9 Å². The van der Waals surface area contributed by atoms with Gasteiger partial charge in [0.15, 0.2) is 0 Å². The maximum Gasteiger partial charge on any atom is 0.243 e. The number of carbonyl (C=O) groups is 1. The minimum absolute atomic E-state index is 0.0227. The predicted molar refractivity (Wildman–Crippen MR) is 113 cm³/mol. The summed E-state index contributed by atoms with van der Waals surface area (Å²) in [6.45, 7) is 1.16. The molecule has 2 aromatic carbocycles. The Kier molecular flexibility index (Phi) is 5.96. The number of amides is 1. The Hall–Kier alpha value is -2.97. The average molecular weight is 425 g/mol. The zero-order valence-electron chi connectivity index (χ0n) is 16.5. The maximum atomic E-state index is 12.7. The number of aromatic nitrogens is 2. The van der Waals surface area contributed by atoms with E-state index in [4.69, 9.17) is 0 Å². The summed E-state index contributed by atoms with van der Waals surface area (Å²) in [5.74, 6) is -0.192. The molecule has 1 amide bonds. The molecule has 156 valence electrons. The number of nitrogens with zero attached hydrogens (tertiary/aromatic N) is 3. The smallest absolute Gasteiger partial charge is 0.243 e. The highest BCUT2D eigenvalue weighted by Gasteiger charge is 2.31. The van der Waals surface area contributed by atoms with Crippen LogP contribution in [-0.2, 0) is 21.4 Å². The SMILES string of the molecule is O=C(NCc1ccc(-n2ccnc2)cc1)C1CCN(S(=O)(=O)c2ccccc2)CC1. The van der Waals surface area contributed by atoms with E-state index in [1.54, 1.807) is 42.9 Å². The normalized spacial score (nSPS) is 15.7. The van der Waals surface area contributed by atoms with Gasteiger partial charge in [-0.1, -0.05) is 30.3 Å². The second-order valence-electron chi connectivity index (χ2n) is 7.35. The lowest BCUT2D eigenvalue weighted by molar-refractivity contribution is -0.126. The molecule has 0 saturated carbocycles. The summed E-state index contributed by atoms with van der Waals surface area (Å²) < 4.78 is 28.8. The first kappa shape index (κ1) is 20.3. The molecule has 0 spiro atoms. The average Bonchev–Trinajstić information content (AvgIpc) is 3.33. The third-order valence-corrected chi connectivity index (χ3v) is 7.32. The molecule has 1 aliphatic rings. The molecule has 1 N–H and O–H groups in total. The Morgan fingerprint density at radius 1 is 1.03 bits per heavy atom. The third-order valence-electron chi connectivity index (χ3n) is 5.41. The molecule has 0 radical (unpaired) electrons. The number of hydrogen-bond donors (Lipinski definition) is 1. The summed E-state index contributed by atoms with van der Waals surface area (Å²) in [4.78, 5) is 16.9. The van der Waals surface area contributed by atoms with Crippen molar-refractivity contribution in [1.82, 2.24) is 19.2 Å². The minimum atomic E-state index is -3.49. The summed E-state index contributed by atoms with van der Waals surface area (Å²) in [5.41, 5.74) is 2.02. The molecule has 0 bridgehead atoms. The Bertz CT molecular complexity index is 1070. The fourth-order valence-corrected chi connectivity index (χ4v) is 5.12. The standard InChI is InChI=1S/C22H24N4O3S/c27-22(24-16-18-6-8-20(9-7-18)25-15-12-23-17-25)19-10-13-26(14-11-19)30(28,29)21-4-2-1-3-5-21/h1-9,12,15,17,19H,10-11,13-14,16H2,(H,24,27). The Balaban J connectivity index is 1.28. The van der Waals surface area contributed by atoms with E-state index in [0.29, 0.717) is 37.4 Å². The van der Waals surface area contributed by atoms with Crippen LogP contribution in [0, 0.1) is 5.92 Å². The van der Waals surface area contributed by atoms with Crippen LogP contribution in [0.25, 0.3) is 5.69 Å². The number of carbonyl (C=O) groups excluding carboxylic acids is 1. The first-order valence-electron chi connectivity index (χ1n) is 9.94. The number of hydrogen-bond acceptors (Lipinski definition) is 4. The molecule has 8 heteroatoms. The van der Waals surface area contributed by atoms with Crippen LogP contribution < -0.4 is 5.32 Å². The molecule has 0 unspecified atom stereocenters. The molecule has 1 aromatic heterocycles. The lowest BCUT2D eigenvalue weighted by Crippen LogP contribution is -2.42. The van der Waals surface area contributed by atoms with Crippen molar-refractivity contribution in [2.24, 2.45) is 5.92 Å². The van der Waals surface area contributed by atoms with Crippen LogP contribution in [0.4, 0.5) is 0 Å². The zero-order valence-corrected chi connectivity index (χ0v) is 17.3. The summed E-state index contributed by atoms with van der Waals surface area (Å²) in [7, 11) is -3.49. The molecular weight excluding hydrogens is 400 g/mol. The van der Waals surface area contributed by atoms with E-state index in [-0.39, 0.29) is 11.8 Å². The molecule has 3 aromatic rings. The topological polar surface area (TPSA) is 84.3 Å². The van der Waals surface area contributed by atoms with Gasteiger partial charge in [-0.2, -0.15) is 4.31 Å². The molecule has 1 saturated heterocycles. The Morgan fingerprint density at radius 3 is 2.37 bits per heavy atom. The van der Waals surface area contributed by atoms with Gasteiger partial charge in [-0.05, 0) is 42.7 Å². The molecule has 2 heterocycles. The van der Waals surface area contributed by atoms with Crippen LogP contribution in [0.2, 0.25) is 0 Å². The first-order chi connectivity index (χ1) is 14.5. The fourth-order valence-electron chi connectivity index (χ4n) is 3.63. The molecule has 30 heavy (non-hydrogen) atoms. The summed E-state index contributed by atoms with van der Waals surface area (Å²) >= 11 is 0. The lowest BCUT2D eigenvalue weighted by atomic mass is 9.97. The Labute approximate surface area is 176 Å². The number of piperidine rings is 1. The highest BCUT2D eigenvalue weighted by atomic mass is 32.2.